The predicted molar refractivity (Wildman–Crippen MR) is 92.8 cm³/mol. The molecule has 5 heteroatoms. The Labute approximate surface area is 143 Å². The van der Waals surface area contributed by atoms with Gasteiger partial charge in [0.25, 0.3) is 5.91 Å². The van der Waals surface area contributed by atoms with Crippen molar-refractivity contribution in [2.45, 2.75) is 52.5 Å². The van der Waals surface area contributed by atoms with Gasteiger partial charge in [0.2, 0.25) is 0 Å². The zero-order valence-corrected chi connectivity index (χ0v) is 15.0. The fourth-order valence-corrected chi connectivity index (χ4v) is 2.91. The maximum Gasteiger partial charge on any atom is 0.254 e. The Balaban J connectivity index is 2.23. The fraction of sp³-hybridized carbons (Fsp3) is 0.611. The van der Waals surface area contributed by atoms with Crippen molar-refractivity contribution in [1.82, 2.24) is 4.90 Å². The number of hydrogen-bond donors (Lipinski definition) is 0. The molecule has 23 heavy (non-hydrogen) atoms. The second-order valence-electron chi connectivity index (χ2n) is 6.14. The van der Waals surface area contributed by atoms with Crippen LogP contribution in [0.2, 0.25) is 5.02 Å². The van der Waals surface area contributed by atoms with Crippen LogP contribution in [0.4, 0.5) is 0 Å². The third kappa shape index (κ3) is 4.54. The quantitative estimate of drug-likeness (QED) is 0.714. The van der Waals surface area contributed by atoms with E-state index < -0.39 is 0 Å². The Hall–Kier alpha value is -1.42. The van der Waals surface area contributed by atoms with Gasteiger partial charge in [0.05, 0.1) is 18.2 Å². The molecule has 0 bridgehead atoms. The molecule has 0 aliphatic carbocycles. The van der Waals surface area contributed by atoms with E-state index in [-0.39, 0.29) is 11.9 Å². The second-order valence-corrected chi connectivity index (χ2v) is 6.54. The summed E-state index contributed by atoms with van der Waals surface area (Å²) in [7, 11) is 0. The molecule has 4 nitrogen and oxygen atoms in total. The molecule has 0 saturated heterocycles. The molecule has 0 saturated carbocycles. The highest BCUT2D eigenvalue weighted by atomic mass is 35.5. The number of rotatable bonds is 6. The van der Waals surface area contributed by atoms with Crippen LogP contribution in [-0.4, -0.2) is 36.6 Å². The molecular formula is C18H26ClNO3. The van der Waals surface area contributed by atoms with Gasteiger partial charge in [0, 0.05) is 24.6 Å². The molecular weight excluding hydrogens is 314 g/mol. The van der Waals surface area contributed by atoms with Gasteiger partial charge in [0.1, 0.15) is 0 Å². The molecule has 0 unspecified atom stereocenters. The van der Waals surface area contributed by atoms with Gasteiger partial charge in [-0.2, -0.15) is 0 Å². The van der Waals surface area contributed by atoms with Crippen LogP contribution in [0.25, 0.3) is 0 Å². The molecule has 0 aromatic heterocycles. The minimum Gasteiger partial charge on any atom is -0.489 e. The SMILES string of the molecule is CCCCCN(C(=O)c1cc(Cl)c2c(c1)OCCCO2)C(C)C. The maximum atomic E-state index is 12.9. The third-order valence-corrected chi connectivity index (χ3v) is 4.22. The van der Waals surface area contributed by atoms with Gasteiger partial charge in [-0.25, -0.2) is 0 Å². The molecule has 1 heterocycles. The molecule has 1 aromatic carbocycles. The van der Waals surface area contributed by atoms with Crippen LogP contribution in [0.3, 0.4) is 0 Å². The van der Waals surface area contributed by atoms with Crippen LogP contribution in [0, 0.1) is 0 Å². The lowest BCUT2D eigenvalue weighted by atomic mass is 10.1. The first kappa shape index (κ1) is 17.9. The van der Waals surface area contributed by atoms with Gasteiger partial charge in [-0.15, -0.1) is 0 Å². The maximum absolute atomic E-state index is 12.9. The first-order valence-corrected chi connectivity index (χ1v) is 8.82. The van der Waals surface area contributed by atoms with Gasteiger partial charge >= 0.3 is 0 Å². The lowest BCUT2D eigenvalue weighted by Gasteiger charge is -2.27. The lowest BCUT2D eigenvalue weighted by molar-refractivity contribution is 0.0702. The minimum absolute atomic E-state index is 0.00588. The topological polar surface area (TPSA) is 38.8 Å². The number of carbonyl (C=O) groups excluding carboxylic acids is 1. The van der Waals surface area contributed by atoms with Crippen molar-refractivity contribution in [3.05, 3.63) is 22.7 Å². The number of ether oxygens (including phenoxy) is 2. The summed E-state index contributed by atoms with van der Waals surface area (Å²) >= 11 is 6.30. The van der Waals surface area contributed by atoms with E-state index in [1.807, 2.05) is 18.7 Å². The predicted octanol–water partition coefficient (Wildman–Crippen LogP) is 4.54. The van der Waals surface area contributed by atoms with Crippen molar-refractivity contribution in [3.8, 4) is 11.5 Å². The third-order valence-electron chi connectivity index (χ3n) is 3.94. The van der Waals surface area contributed by atoms with Crippen LogP contribution < -0.4 is 9.47 Å². The van der Waals surface area contributed by atoms with E-state index in [0.717, 1.165) is 32.2 Å². The van der Waals surface area contributed by atoms with Gasteiger partial charge in [-0.3, -0.25) is 4.79 Å². The molecule has 2 rings (SSSR count). The first-order valence-electron chi connectivity index (χ1n) is 8.44. The van der Waals surface area contributed by atoms with Crippen molar-refractivity contribution in [2.75, 3.05) is 19.8 Å². The highest BCUT2D eigenvalue weighted by molar-refractivity contribution is 6.32. The van der Waals surface area contributed by atoms with Crippen molar-refractivity contribution in [2.24, 2.45) is 0 Å². The molecule has 0 fully saturated rings. The average molecular weight is 340 g/mol. The average Bonchev–Trinajstić information content (AvgIpc) is 2.76. The van der Waals surface area contributed by atoms with Crippen LogP contribution in [-0.2, 0) is 0 Å². The standard InChI is InChI=1S/C18H26ClNO3/c1-4-5-6-8-20(13(2)3)18(21)14-11-15(19)17-16(12-14)22-9-7-10-23-17/h11-13H,4-10H2,1-3H3. The zero-order valence-electron chi connectivity index (χ0n) is 14.2. The molecule has 1 amide bonds. The largest absolute Gasteiger partial charge is 0.489 e. The van der Waals surface area contributed by atoms with Crippen LogP contribution in [0.5, 0.6) is 11.5 Å². The molecule has 0 radical (unpaired) electrons. The Morgan fingerprint density at radius 3 is 2.70 bits per heavy atom. The van der Waals surface area contributed by atoms with E-state index in [0.29, 0.717) is 35.3 Å². The fourth-order valence-electron chi connectivity index (χ4n) is 2.65. The van der Waals surface area contributed by atoms with Gasteiger partial charge in [0.15, 0.2) is 11.5 Å². The summed E-state index contributed by atoms with van der Waals surface area (Å²) < 4.78 is 11.3. The number of carbonyl (C=O) groups is 1. The van der Waals surface area contributed by atoms with E-state index in [1.54, 1.807) is 12.1 Å². The normalized spacial score (nSPS) is 13.8. The Bertz CT molecular complexity index is 545. The molecule has 0 atom stereocenters. The number of fused-ring (bicyclic) bond motifs is 1. The van der Waals surface area contributed by atoms with Crippen molar-refractivity contribution in [1.29, 1.82) is 0 Å². The van der Waals surface area contributed by atoms with Gasteiger partial charge < -0.3 is 14.4 Å². The van der Waals surface area contributed by atoms with E-state index in [9.17, 15) is 4.79 Å². The molecule has 1 aliphatic heterocycles. The van der Waals surface area contributed by atoms with Crippen molar-refractivity contribution in [3.63, 3.8) is 0 Å². The summed E-state index contributed by atoms with van der Waals surface area (Å²) in [5, 5.41) is 0.435. The van der Waals surface area contributed by atoms with Gasteiger partial charge in [-0.05, 0) is 32.4 Å². The highest BCUT2D eigenvalue weighted by Crippen LogP contribution is 2.38. The van der Waals surface area contributed by atoms with Crippen molar-refractivity contribution >= 4 is 17.5 Å². The smallest absolute Gasteiger partial charge is 0.254 e. The van der Waals surface area contributed by atoms with Crippen LogP contribution in [0.15, 0.2) is 12.1 Å². The highest BCUT2D eigenvalue weighted by Gasteiger charge is 2.23. The van der Waals surface area contributed by atoms with E-state index in [2.05, 4.69) is 6.92 Å². The Morgan fingerprint density at radius 1 is 1.26 bits per heavy atom. The first-order chi connectivity index (χ1) is 11.0. The van der Waals surface area contributed by atoms with Gasteiger partial charge in [-0.1, -0.05) is 31.4 Å². The molecule has 1 aromatic rings. The van der Waals surface area contributed by atoms with E-state index >= 15 is 0 Å². The Kier molecular flexibility index (Phi) is 6.58. The summed E-state index contributed by atoms with van der Waals surface area (Å²) in [6, 6.07) is 3.59. The minimum atomic E-state index is -0.00588. The van der Waals surface area contributed by atoms with Crippen LogP contribution in [0.1, 0.15) is 56.8 Å². The molecule has 0 N–H and O–H groups in total. The summed E-state index contributed by atoms with van der Waals surface area (Å²) in [4.78, 5) is 14.8. The monoisotopic (exact) mass is 339 g/mol. The summed E-state index contributed by atoms with van der Waals surface area (Å²) in [5.74, 6) is 1.10. The number of unbranched alkanes of at least 4 members (excludes halogenated alkanes) is 2. The number of amides is 1. The summed E-state index contributed by atoms with van der Waals surface area (Å²) in [6.45, 7) is 8.14. The number of benzene rings is 1. The lowest BCUT2D eigenvalue weighted by Crippen LogP contribution is -2.37. The second kappa shape index (κ2) is 8.44. The number of nitrogens with zero attached hydrogens (tertiary/aromatic N) is 1. The molecule has 0 spiro atoms. The van der Waals surface area contributed by atoms with E-state index in [4.69, 9.17) is 21.1 Å². The van der Waals surface area contributed by atoms with Crippen LogP contribution >= 0.6 is 11.6 Å². The summed E-state index contributed by atoms with van der Waals surface area (Å²) in [6.07, 6.45) is 4.08. The molecule has 1 aliphatic rings. The number of hydrogen-bond acceptors (Lipinski definition) is 3. The molecule has 128 valence electrons. The van der Waals surface area contributed by atoms with E-state index in [1.165, 1.54) is 0 Å². The Morgan fingerprint density at radius 2 is 2.00 bits per heavy atom. The number of halogens is 1. The zero-order chi connectivity index (χ0) is 16.8. The van der Waals surface area contributed by atoms with Crippen molar-refractivity contribution < 1.29 is 14.3 Å². The summed E-state index contributed by atoms with van der Waals surface area (Å²) in [5.41, 5.74) is 0.560.